The van der Waals surface area contributed by atoms with Crippen molar-refractivity contribution in [2.75, 3.05) is 11.9 Å². The molecule has 26 heavy (non-hydrogen) atoms. The lowest BCUT2D eigenvalue weighted by Gasteiger charge is -2.17. The highest BCUT2D eigenvalue weighted by atomic mass is 16.5. The molecule has 6 heteroatoms. The highest BCUT2D eigenvalue weighted by Crippen LogP contribution is 2.35. The fraction of sp³-hybridized carbons (Fsp3) is 0.350. The molecule has 0 aliphatic carbocycles. The number of benzene rings is 1. The quantitative estimate of drug-likeness (QED) is 0.750. The van der Waals surface area contributed by atoms with Crippen LogP contribution in [0.1, 0.15) is 25.8 Å². The number of aryl methyl sites for hydroxylation is 1. The third-order valence-corrected chi connectivity index (χ3v) is 4.74. The van der Waals surface area contributed by atoms with E-state index in [1.807, 2.05) is 25.1 Å². The molecule has 1 atom stereocenters. The second kappa shape index (κ2) is 6.21. The molecule has 0 spiro atoms. The lowest BCUT2D eigenvalue weighted by atomic mass is 10.0. The van der Waals surface area contributed by atoms with Crippen LogP contribution in [0.2, 0.25) is 0 Å². The van der Waals surface area contributed by atoms with Crippen molar-refractivity contribution in [3.8, 4) is 17.0 Å². The number of aromatic hydroxyl groups is 1. The first kappa shape index (κ1) is 16.7. The van der Waals surface area contributed by atoms with E-state index in [4.69, 9.17) is 4.74 Å². The topological polar surface area (TPSA) is 80.2 Å². The van der Waals surface area contributed by atoms with Crippen LogP contribution in [0.4, 0.5) is 5.82 Å². The first-order valence-electron chi connectivity index (χ1n) is 8.74. The van der Waals surface area contributed by atoms with Crippen LogP contribution in [0.25, 0.3) is 22.0 Å². The van der Waals surface area contributed by atoms with E-state index in [9.17, 15) is 5.11 Å². The number of anilines is 1. The van der Waals surface area contributed by atoms with Gasteiger partial charge in [-0.2, -0.15) is 0 Å². The van der Waals surface area contributed by atoms with Crippen molar-refractivity contribution in [3.63, 3.8) is 0 Å². The fourth-order valence-electron chi connectivity index (χ4n) is 3.47. The Balaban J connectivity index is 1.76. The number of ether oxygens (including phenoxy) is 1. The largest absolute Gasteiger partial charge is 0.507 e. The van der Waals surface area contributed by atoms with Crippen LogP contribution in [0.5, 0.6) is 5.75 Å². The summed E-state index contributed by atoms with van der Waals surface area (Å²) >= 11 is 0. The Hall–Kier alpha value is -2.73. The van der Waals surface area contributed by atoms with Crippen molar-refractivity contribution in [2.45, 2.75) is 38.8 Å². The van der Waals surface area contributed by atoms with Gasteiger partial charge in [-0.15, -0.1) is 10.2 Å². The maximum atomic E-state index is 10.3. The van der Waals surface area contributed by atoms with Crippen LogP contribution in [0.3, 0.4) is 0 Å². The lowest BCUT2D eigenvalue weighted by Crippen LogP contribution is -2.23. The zero-order chi connectivity index (χ0) is 18.3. The van der Waals surface area contributed by atoms with Crippen LogP contribution >= 0.6 is 0 Å². The number of aromatic nitrogens is 3. The molecule has 1 saturated heterocycles. The molecule has 2 aromatic heterocycles. The minimum absolute atomic E-state index is 0.132. The molecular weight excluding hydrogens is 328 g/mol. The van der Waals surface area contributed by atoms with Crippen molar-refractivity contribution >= 4 is 16.6 Å². The smallest absolute Gasteiger partial charge is 0.158 e. The van der Waals surface area contributed by atoms with Gasteiger partial charge in [0, 0.05) is 28.7 Å². The Labute approximate surface area is 152 Å². The number of hydrogen-bond acceptors (Lipinski definition) is 6. The van der Waals surface area contributed by atoms with E-state index in [2.05, 4.69) is 34.3 Å². The molecule has 0 radical (unpaired) electrons. The first-order valence-corrected chi connectivity index (χ1v) is 8.74. The van der Waals surface area contributed by atoms with E-state index in [1.54, 1.807) is 18.5 Å². The minimum Gasteiger partial charge on any atom is -0.507 e. The molecule has 1 fully saturated rings. The van der Waals surface area contributed by atoms with Gasteiger partial charge in [-0.05, 0) is 51.0 Å². The van der Waals surface area contributed by atoms with E-state index in [1.165, 1.54) is 0 Å². The average molecular weight is 350 g/mol. The Morgan fingerprint density at radius 1 is 1.19 bits per heavy atom. The number of phenols is 1. The molecule has 0 unspecified atom stereocenters. The number of phenolic OH excluding ortho intramolecular Hbond substituents is 1. The Morgan fingerprint density at radius 2 is 2.04 bits per heavy atom. The van der Waals surface area contributed by atoms with Gasteiger partial charge in [0.25, 0.3) is 0 Å². The average Bonchev–Trinajstić information content (AvgIpc) is 2.94. The van der Waals surface area contributed by atoms with Gasteiger partial charge >= 0.3 is 0 Å². The van der Waals surface area contributed by atoms with E-state index in [0.29, 0.717) is 23.7 Å². The lowest BCUT2D eigenvalue weighted by molar-refractivity contribution is 0.0363. The highest BCUT2D eigenvalue weighted by Gasteiger charge is 2.32. The highest BCUT2D eigenvalue weighted by molar-refractivity contribution is 6.00. The molecule has 0 amide bonds. The third kappa shape index (κ3) is 3.08. The van der Waals surface area contributed by atoms with Gasteiger partial charge < -0.3 is 15.2 Å². The summed E-state index contributed by atoms with van der Waals surface area (Å²) in [7, 11) is 0. The SMILES string of the molecule is Cc1ccc(-c2nnc(N[C@@H]3COC(C)(C)C3)c3cnccc23)c(O)c1. The predicted octanol–water partition coefficient (Wildman–Crippen LogP) is 3.69. The second-order valence-electron chi connectivity index (χ2n) is 7.46. The standard InChI is InChI=1S/C20H22N4O2/c1-12-4-5-15(17(25)8-12)18-14-6-7-21-10-16(14)19(24-23-18)22-13-9-20(2,3)26-11-13/h4-8,10,13,25H,9,11H2,1-3H3,(H,22,24)/t13-/m0/s1. The summed E-state index contributed by atoms with van der Waals surface area (Å²) in [4.78, 5) is 4.25. The second-order valence-corrected chi connectivity index (χ2v) is 7.46. The summed E-state index contributed by atoms with van der Waals surface area (Å²) in [6.07, 6.45) is 4.41. The monoisotopic (exact) mass is 350 g/mol. The summed E-state index contributed by atoms with van der Waals surface area (Å²) in [5.74, 6) is 0.888. The molecule has 3 aromatic rings. The third-order valence-electron chi connectivity index (χ3n) is 4.74. The van der Waals surface area contributed by atoms with Crippen molar-refractivity contribution in [1.82, 2.24) is 15.2 Å². The molecule has 6 nitrogen and oxygen atoms in total. The molecule has 0 saturated carbocycles. The van der Waals surface area contributed by atoms with Gasteiger partial charge in [0.05, 0.1) is 18.2 Å². The van der Waals surface area contributed by atoms with Gasteiger partial charge in [-0.3, -0.25) is 4.98 Å². The summed E-state index contributed by atoms with van der Waals surface area (Å²) < 4.78 is 5.80. The van der Waals surface area contributed by atoms with Gasteiger partial charge in [-0.25, -0.2) is 0 Å². The molecule has 3 heterocycles. The number of hydrogen-bond donors (Lipinski definition) is 2. The van der Waals surface area contributed by atoms with Crippen LogP contribution in [-0.2, 0) is 4.74 Å². The fourth-order valence-corrected chi connectivity index (χ4v) is 3.47. The number of nitrogens with zero attached hydrogens (tertiary/aromatic N) is 3. The number of nitrogens with one attached hydrogen (secondary N) is 1. The summed E-state index contributed by atoms with van der Waals surface area (Å²) in [5.41, 5.74) is 2.17. The van der Waals surface area contributed by atoms with Gasteiger partial charge in [0.2, 0.25) is 0 Å². The molecule has 1 aliphatic rings. The molecule has 4 rings (SSSR count). The molecule has 0 bridgehead atoms. The zero-order valence-corrected chi connectivity index (χ0v) is 15.2. The van der Waals surface area contributed by atoms with E-state index in [0.717, 1.165) is 22.8 Å². The van der Waals surface area contributed by atoms with Crippen molar-refractivity contribution < 1.29 is 9.84 Å². The van der Waals surface area contributed by atoms with Gasteiger partial charge in [0.1, 0.15) is 11.4 Å². The maximum Gasteiger partial charge on any atom is 0.158 e. The predicted molar refractivity (Wildman–Crippen MR) is 101 cm³/mol. The zero-order valence-electron chi connectivity index (χ0n) is 15.2. The summed E-state index contributed by atoms with van der Waals surface area (Å²) in [6, 6.07) is 7.64. The van der Waals surface area contributed by atoms with E-state index < -0.39 is 0 Å². The van der Waals surface area contributed by atoms with Crippen molar-refractivity contribution in [2.24, 2.45) is 0 Å². The molecule has 1 aromatic carbocycles. The van der Waals surface area contributed by atoms with E-state index in [-0.39, 0.29) is 17.4 Å². The Morgan fingerprint density at radius 3 is 2.77 bits per heavy atom. The molecular formula is C20H22N4O2. The van der Waals surface area contributed by atoms with Crippen LogP contribution in [-0.4, -0.2) is 38.5 Å². The van der Waals surface area contributed by atoms with Gasteiger partial charge in [0.15, 0.2) is 5.82 Å². The minimum atomic E-state index is -0.132. The number of rotatable bonds is 3. The Bertz CT molecular complexity index is 971. The van der Waals surface area contributed by atoms with E-state index >= 15 is 0 Å². The van der Waals surface area contributed by atoms with Crippen molar-refractivity contribution in [1.29, 1.82) is 0 Å². The number of fused-ring (bicyclic) bond motifs is 1. The molecule has 2 N–H and O–H groups in total. The molecule has 1 aliphatic heterocycles. The summed E-state index contributed by atoms with van der Waals surface area (Å²) in [6.45, 7) is 6.75. The maximum absolute atomic E-state index is 10.3. The Kier molecular flexibility index (Phi) is 4.00. The molecule has 134 valence electrons. The normalized spacial score (nSPS) is 19.0. The van der Waals surface area contributed by atoms with Crippen LogP contribution < -0.4 is 5.32 Å². The first-order chi connectivity index (χ1) is 12.4. The number of pyridine rings is 1. The van der Waals surface area contributed by atoms with Crippen molar-refractivity contribution in [3.05, 3.63) is 42.2 Å². The van der Waals surface area contributed by atoms with Crippen LogP contribution in [0.15, 0.2) is 36.7 Å². The summed E-state index contributed by atoms with van der Waals surface area (Å²) in [5, 5.41) is 24.4. The van der Waals surface area contributed by atoms with Gasteiger partial charge in [-0.1, -0.05) is 6.07 Å². The van der Waals surface area contributed by atoms with Crippen LogP contribution in [0, 0.1) is 6.92 Å².